The van der Waals surface area contributed by atoms with Gasteiger partial charge in [0.25, 0.3) is 11.8 Å². The van der Waals surface area contributed by atoms with Gasteiger partial charge >= 0.3 is 6.03 Å². The molecule has 6 heterocycles. The Balaban J connectivity index is 0.901. The second-order valence-corrected chi connectivity index (χ2v) is 14.4. The number of nitrogens with zero attached hydrogens (tertiary/aromatic N) is 8. The summed E-state index contributed by atoms with van der Waals surface area (Å²) in [6.45, 7) is 5.66. The van der Waals surface area contributed by atoms with Crippen molar-refractivity contribution in [2.24, 2.45) is 5.73 Å². The standard InChI is InChI=1S/C37H43N11O6/c1-43-13-18-47(37(43)54)25-3-2-12-46(21-25)29-20-39-31(32(38)50)33(41-29)40-22-4-6-23(7-5-22)44-14-16-45(17-15-44)24-8-9-26-27(19-24)36(53)48(35(26)52)28-10-11-30(49)42-34(28)51/h4-9,19-20,25,28,36,53H,2-3,10-18,21H2,1H3,(H2,38,50)(H,40,41)(H,42,49,51)/t25-,28?,36?/m1/s1. The number of hydrogen-bond donors (Lipinski definition) is 4. The average Bonchev–Trinajstić information content (AvgIpc) is 3.64. The van der Waals surface area contributed by atoms with E-state index < -0.39 is 30.0 Å². The number of nitrogens with one attached hydrogen (secondary N) is 2. The number of aromatic nitrogens is 2. The zero-order valence-corrected chi connectivity index (χ0v) is 30.0. The number of primary amides is 1. The number of aliphatic hydroxyl groups is 1. The molecule has 0 radical (unpaired) electrons. The number of urea groups is 1. The molecule has 8 rings (SSSR count). The molecule has 3 atom stereocenters. The van der Waals surface area contributed by atoms with Crippen LogP contribution in [0.2, 0.25) is 0 Å². The molecule has 5 aliphatic heterocycles. The van der Waals surface area contributed by atoms with E-state index in [1.54, 1.807) is 17.2 Å². The first-order valence-electron chi connectivity index (χ1n) is 18.3. The molecule has 0 saturated carbocycles. The Kier molecular flexibility index (Phi) is 9.17. The SMILES string of the molecule is CN1CCN([C@@H]2CCCN(c3cnc(C(N)=O)c(Nc4ccc(N5CCN(c6ccc7c(c6)C(O)N(C6CCC(=O)NC6=O)C7=O)CC5)cc4)n3)C2)C1=O. The number of fused-ring (bicyclic) bond motifs is 1. The van der Waals surface area contributed by atoms with Crippen molar-refractivity contribution in [1.82, 2.24) is 30.0 Å². The molecule has 4 saturated heterocycles. The molecular weight excluding hydrogens is 694 g/mol. The van der Waals surface area contributed by atoms with Gasteiger partial charge < -0.3 is 40.7 Å². The highest BCUT2D eigenvalue weighted by Crippen LogP contribution is 2.38. The van der Waals surface area contributed by atoms with E-state index in [2.05, 4.69) is 30.3 Å². The van der Waals surface area contributed by atoms with E-state index in [0.717, 1.165) is 43.9 Å². The van der Waals surface area contributed by atoms with Crippen LogP contribution in [0.3, 0.4) is 0 Å². The van der Waals surface area contributed by atoms with E-state index >= 15 is 0 Å². The zero-order valence-electron chi connectivity index (χ0n) is 30.0. The molecule has 6 amide bonds. The molecule has 5 N–H and O–H groups in total. The molecule has 17 nitrogen and oxygen atoms in total. The van der Waals surface area contributed by atoms with E-state index in [9.17, 15) is 29.1 Å². The van der Waals surface area contributed by atoms with Gasteiger partial charge in [0.05, 0.1) is 12.2 Å². The van der Waals surface area contributed by atoms with Gasteiger partial charge in [-0.15, -0.1) is 0 Å². The number of benzene rings is 2. The third kappa shape index (κ3) is 6.48. The fourth-order valence-electron chi connectivity index (χ4n) is 8.15. The number of carbonyl (C=O) groups excluding carboxylic acids is 5. The summed E-state index contributed by atoms with van der Waals surface area (Å²) in [7, 11) is 1.82. The maximum atomic E-state index is 13.2. The first-order chi connectivity index (χ1) is 26.0. The summed E-state index contributed by atoms with van der Waals surface area (Å²) >= 11 is 0. The number of piperazine rings is 1. The normalized spacial score (nSPS) is 23.3. The van der Waals surface area contributed by atoms with Crippen LogP contribution in [0.4, 0.5) is 33.5 Å². The molecule has 0 spiro atoms. The minimum atomic E-state index is -1.27. The molecule has 0 aliphatic carbocycles. The number of carbonyl (C=O) groups is 5. The molecular formula is C37H43N11O6. The Hall–Kier alpha value is -5.97. The first-order valence-corrected chi connectivity index (χ1v) is 18.3. The van der Waals surface area contributed by atoms with Gasteiger partial charge in [-0.25, -0.2) is 14.8 Å². The van der Waals surface area contributed by atoms with E-state index in [1.807, 2.05) is 48.3 Å². The highest BCUT2D eigenvalue weighted by molar-refractivity contribution is 6.06. The number of nitrogens with two attached hydrogens (primary N) is 1. The van der Waals surface area contributed by atoms with Gasteiger partial charge in [-0.3, -0.25) is 29.4 Å². The summed E-state index contributed by atoms with van der Waals surface area (Å²) in [5, 5.41) is 16.6. The lowest BCUT2D eigenvalue weighted by Crippen LogP contribution is -2.53. The van der Waals surface area contributed by atoms with Gasteiger partial charge in [-0.1, -0.05) is 0 Å². The van der Waals surface area contributed by atoms with Crippen molar-refractivity contribution in [3.05, 3.63) is 65.5 Å². The van der Waals surface area contributed by atoms with E-state index in [1.165, 1.54) is 4.90 Å². The second-order valence-electron chi connectivity index (χ2n) is 14.4. The number of amides is 6. The monoisotopic (exact) mass is 737 g/mol. The molecule has 54 heavy (non-hydrogen) atoms. The highest BCUT2D eigenvalue weighted by Gasteiger charge is 2.44. The van der Waals surface area contributed by atoms with Gasteiger partial charge in [0.2, 0.25) is 11.8 Å². The Morgan fingerprint density at radius 2 is 1.63 bits per heavy atom. The van der Waals surface area contributed by atoms with Crippen LogP contribution in [0.25, 0.3) is 0 Å². The van der Waals surface area contributed by atoms with Crippen molar-refractivity contribution in [3.63, 3.8) is 0 Å². The fourth-order valence-corrected chi connectivity index (χ4v) is 8.15. The zero-order chi connectivity index (χ0) is 37.7. The topological polar surface area (TPSA) is 201 Å². The van der Waals surface area contributed by atoms with Crippen LogP contribution in [0.15, 0.2) is 48.7 Å². The summed E-state index contributed by atoms with van der Waals surface area (Å²) in [5.41, 5.74) is 9.13. The Bertz CT molecular complexity index is 2000. The predicted octanol–water partition coefficient (Wildman–Crippen LogP) is 1.23. The largest absolute Gasteiger partial charge is 0.369 e. The Morgan fingerprint density at radius 3 is 2.31 bits per heavy atom. The molecule has 0 bridgehead atoms. The number of likely N-dealkylation sites (N-methyl/N-ethyl adjacent to an activating group) is 1. The van der Waals surface area contributed by atoms with Crippen LogP contribution in [0.5, 0.6) is 0 Å². The molecule has 282 valence electrons. The predicted molar refractivity (Wildman–Crippen MR) is 198 cm³/mol. The third-order valence-corrected chi connectivity index (χ3v) is 11.1. The average molecular weight is 738 g/mol. The van der Waals surface area contributed by atoms with E-state index in [4.69, 9.17) is 10.7 Å². The Labute approximate surface area is 311 Å². The quantitative estimate of drug-likeness (QED) is 0.242. The van der Waals surface area contributed by atoms with Gasteiger partial charge in [0.15, 0.2) is 17.7 Å². The highest BCUT2D eigenvalue weighted by atomic mass is 16.3. The summed E-state index contributed by atoms with van der Waals surface area (Å²) in [6.07, 6.45) is 2.39. The summed E-state index contributed by atoms with van der Waals surface area (Å²) in [5.74, 6) is -1.19. The molecule has 3 aromatic rings. The van der Waals surface area contributed by atoms with E-state index in [-0.39, 0.29) is 42.3 Å². The van der Waals surface area contributed by atoms with Gasteiger partial charge in [-0.05, 0) is 61.7 Å². The number of piperidine rings is 2. The van der Waals surface area contributed by atoms with Crippen molar-refractivity contribution in [1.29, 1.82) is 0 Å². The fraction of sp³-hybridized carbons (Fsp3) is 0.432. The van der Waals surface area contributed by atoms with Crippen molar-refractivity contribution in [2.75, 3.05) is 79.4 Å². The summed E-state index contributed by atoms with van der Waals surface area (Å²) in [4.78, 5) is 82.8. The molecule has 1 aromatic heterocycles. The van der Waals surface area contributed by atoms with Crippen LogP contribution in [-0.4, -0.2) is 131 Å². The van der Waals surface area contributed by atoms with Crippen LogP contribution >= 0.6 is 0 Å². The minimum absolute atomic E-state index is 0.0379. The number of hydrogen-bond acceptors (Lipinski definition) is 12. The van der Waals surface area contributed by atoms with Crippen molar-refractivity contribution >= 4 is 58.4 Å². The Morgan fingerprint density at radius 1 is 0.907 bits per heavy atom. The van der Waals surface area contributed by atoms with Crippen LogP contribution in [0, 0.1) is 0 Å². The smallest absolute Gasteiger partial charge is 0.320 e. The van der Waals surface area contributed by atoms with Crippen LogP contribution < -0.4 is 31.1 Å². The van der Waals surface area contributed by atoms with Crippen molar-refractivity contribution in [3.8, 4) is 0 Å². The van der Waals surface area contributed by atoms with Crippen molar-refractivity contribution in [2.45, 2.75) is 44.0 Å². The maximum Gasteiger partial charge on any atom is 0.320 e. The van der Waals surface area contributed by atoms with Crippen molar-refractivity contribution < 1.29 is 29.1 Å². The van der Waals surface area contributed by atoms with E-state index in [0.29, 0.717) is 55.4 Å². The molecule has 17 heteroatoms. The summed E-state index contributed by atoms with van der Waals surface area (Å²) < 4.78 is 0. The third-order valence-electron chi connectivity index (χ3n) is 11.1. The van der Waals surface area contributed by atoms with Gasteiger partial charge in [0, 0.05) is 94.0 Å². The maximum absolute atomic E-state index is 13.2. The van der Waals surface area contributed by atoms with Gasteiger partial charge in [-0.2, -0.15) is 0 Å². The minimum Gasteiger partial charge on any atom is -0.369 e. The number of aliphatic hydroxyl groups excluding tert-OH is 1. The lowest BCUT2D eigenvalue weighted by atomic mass is 10.0. The number of rotatable bonds is 8. The second kappa shape index (κ2) is 14.1. The first kappa shape index (κ1) is 35.1. The lowest BCUT2D eigenvalue weighted by molar-refractivity contribution is -0.139. The molecule has 2 aromatic carbocycles. The number of imide groups is 1. The van der Waals surface area contributed by atoms with Crippen LogP contribution in [0.1, 0.15) is 58.3 Å². The lowest BCUT2D eigenvalue weighted by Gasteiger charge is -2.38. The molecule has 4 fully saturated rings. The molecule has 5 aliphatic rings. The summed E-state index contributed by atoms with van der Waals surface area (Å²) in [6, 6.07) is 12.4. The number of anilines is 5. The molecule has 2 unspecified atom stereocenters. The van der Waals surface area contributed by atoms with Crippen LogP contribution in [-0.2, 0) is 9.59 Å². The van der Waals surface area contributed by atoms with Gasteiger partial charge in [0.1, 0.15) is 11.9 Å².